The maximum atomic E-state index is 12.3. The van der Waals surface area contributed by atoms with Crippen LogP contribution in [0.3, 0.4) is 0 Å². The summed E-state index contributed by atoms with van der Waals surface area (Å²) in [7, 11) is 0. The van der Waals surface area contributed by atoms with Crippen LogP contribution < -0.4 is 0 Å². The molecule has 4 nitrogen and oxygen atoms in total. The zero-order chi connectivity index (χ0) is 16.4. The molecule has 4 aromatic rings. The molecule has 0 saturated carbocycles. The molecule has 0 N–H and O–H groups in total. The van der Waals surface area contributed by atoms with Gasteiger partial charge in [-0.3, -0.25) is 4.98 Å². The minimum absolute atomic E-state index is 0.229. The molecular weight excluding hydrogens is 300 g/mol. The Morgan fingerprint density at radius 1 is 0.833 bits per heavy atom. The van der Waals surface area contributed by atoms with Gasteiger partial charge in [0.15, 0.2) is 0 Å². The fraction of sp³-hybridized carbons (Fsp3) is 0.0500. The highest BCUT2D eigenvalue weighted by molar-refractivity contribution is 6.04. The van der Waals surface area contributed by atoms with E-state index in [1.807, 2.05) is 60.7 Å². The molecule has 0 radical (unpaired) electrons. The first-order chi connectivity index (χ1) is 11.8. The van der Waals surface area contributed by atoms with Gasteiger partial charge in [0.05, 0.1) is 11.0 Å². The Morgan fingerprint density at radius 3 is 2.42 bits per heavy atom. The number of carbonyl (C=O) groups is 1. The van der Waals surface area contributed by atoms with E-state index in [1.165, 1.54) is 0 Å². The molecule has 0 aliphatic heterocycles. The van der Waals surface area contributed by atoms with E-state index >= 15 is 0 Å². The van der Waals surface area contributed by atoms with Gasteiger partial charge in [-0.15, -0.1) is 0 Å². The minimum Gasteiger partial charge on any atom is -0.456 e. The van der Waals surface area contributed by atoms with Gasteiger partial charge in [0.2, 0.25) is 0 Å². The van der Waals surface area contributed by atoms with E-state index < -0.39 is 5.97 Å². The molecule has 4 heteroatoms. The molecular formula is C20H14N2O2. The van der Waals surface area contributed by atoms with Crippen LogP contribution in [-0.4, -0.2) is 15.9 Å². The minimum atomic E-state index is -0.436. The number of rotatable bonds is 3. The summed E-state index contributed by atoms with van der Waals surface area (Å²) in [5, 5.41) is 1.94. The lowest BCUT2D eigenvalue weighted by atomic mass is 10.1. The number of carbonyl (C=O) groups excluding carboxylic acids is 1. The molecule has 0 unspecified atom stereocenters. The van der Waals surface area contributed by atoms with Crippen LogP contribution in [0.15, 0.2) is 72.9 Å². The molecule has 2 aromatic carbocycles. The second-order valence-corrected chi connectivity index (χ2v) is 5.47. The number of benzene rings is 2. The second kappa shape index (κ2) is 6.08. The summed E-state index contributed by atoms with van der Waals surface area (Å²) in [6, 6.07) is 21.0. The van der Waals surface area contributed by atoms with E-state index in [0.29, 0.717) is 5.52 Å². The Balaban J connectivity index is 1.66. The molecule has 4 rings (SSSR count). The molecule has 24 heavy (non-hydrogen) atoms. The fourth-order valence-corrected chi connectivity index (χ4v) is 2.63. The van der Waals surface area contributed by atoms with Crippen LogP contribution in [0.4, 0.5) is 0 Å². The number of ether oxygens (including phenoxy) is 1. The van der Waals surface area contributed by atoms with Gasteiger partial charge in [-0.2, -0.15) is 0 Å². The van der Waals surface area contributed by atoms with E-state index in [0.717, 1.165) is 21.9 Å². The van der Waals surface area contributed by atoms with Crippen molar-refractivity contribution < 1.29 is 9.53 Å². The Bertz CT molecular complexity index is 1030. The summed E-state index contributed by atoms with van der Waals surface area (Å²) in [4.78, 5) is 21.2. The van der Waals surface area contributed by atoms with Crippen LogP contribution in [0, 0.1) is 0 Å². The fourth-order valence-electron chi connectivity index (χ4n) is 2.63. The van der Waals surface area contributed by atoms with Crippen molar-refractivity contribution in [2.24, 2.45) is 0 Å². The zero-order valence-corrected chi connectivity index (χ0v) is 12.8. The van der Waals surface area contributed by atoms with Crippen molar-refractivity contribution in [3.8, 4) is 0 Å². The Kier molecular flexibility index (Phi) is 3.63. The third-order valence-electron chi connectivity index (χ3n) is 3.85. The molecule has 0 aliphatic rings. The molecule has 2 heterocycles. The monoisotopic (exact) mass is 314 g/mol. The largest absolute Gasteiger partial charge is 0.456 e. The average molecular weight is 314 g/mol. The first-order valence-corrected chi connectivity index (χ1v) is 7.67. The van der Waals surface area contributed by atoms with Gasteiger partial charge in [-0.25, -0.2) is 9.78 Å². The standard InChI is InChI=1S/C20H14N2O2/c23-20(24-13-14-5-2-1-3-6-14)17-11-10-16-9-8-15-7-4-12-21-18(15)19(16)22-17/h1-12H,13H2. The van der Waals surface area contributed by atoms with Crippen LogP contribution in [0.25, 0.3) is 21.8 Å². The number of nitrogens with zero attached hydrogens (tertiary/aromatic N) is 2. The van der Waals surface area contributed by atoms with Gasteiger partial charge in [0.25, 0.3) is 0 Å². The molecule has 0 aliphatic carbocycles. The molecule has 2 aromatic heterocycles. The Labute approximate surface area is 138 Å². The highest BCUT2D eigenvalue weighted by Crippen LogP contribution is 2.22. The van der Waals surface area contributed by atoms with Gasteiger partial charge in [-0.05, 0) is 17.7 Å². The predicted octanol–water partition coefficient (Wildman–Crippen LogP) is 4.14. The summed E-state index contributed by atoms with van der Waals surface area (Å²) in [6.07, 6.45) is 1.73. The summed E-state index contributed by atoms with van der Waals surface area (Å²) >= 11 is 0. The first-order valence-electron chi connectivity index (χ1n) is 7.67. The van der Waals surface area contributed by atoms with Crippen LogP contribution in [0.1, 0.15) is 16.1 Å². The predicted molar refractivity (Wildman–Crippen MR) is 92.6 cm³/mol. The van der Waals surface area contributed by atoms with Crippen LogP contribution >= 0.6 is 0 Å². The van der Waals surface area contributed by atoms with Crippen molar-refractivity contribution >= 4 is 27.8 Å². The summed E-state index contributed by atoms with van der Waals surface area (Å²) in [5.74, 6) is -0.436. The smallest absolute Gasteiger partial charge is 0.357 e. The van der Waals surface area contributed by atoms with Crippen molar-refractivity contribution in [1.29, 1.82) is 0 Å². The SMILES string of the molecule is O=C(OCc1ccccc1)c1ccc2ccc3cccnc3c2n1. The number of esters is 1. The highest BCUT2D eigenvalue weighted by atomic mass is 16.5. The zero-order valence-electron chi connectivity index (χ0n) is 12.8. The quantitative estimate of drug-likeness (QED) is 0.421. The highest BCUT2D eigenvalue weighted by Gasteiger charge is 2.12. The maximum absolute atomic E-state index is 12.3. The summed E-state index contributed by atoms with van der Waals surface area (Å²) < 4.78 is 5.35. The lowest BCUT2D eigenvalue weighted by Gasteiger charge is -2.06. The third kappa shape index (κ3) is 2.70. The van der Waals surface area contributed by atoms with E-state index in [4.69, 9.17) is 4.74 Å². The maximum Gasteiger partial charge on any atom is 0.357 e. The van der Waals surface area contributed by atoms with Gasteiger partial charge in [-0.1, -0.05) is 54.6 Å². The van der Waals surface area contributed by atoms with E-state index in [9.17, 15) is 4.79 Å². The van der Waals surface area contributed by atoms with E-state index in [2.05, 4.69) is 9.97 Å². The van der Waals surface area contributed by atoms with Gasteiger partial charge >= 0.3 is 5.97 Å². The van der Waals surface area contributed by atoms with Gasteiger partial charge in [0.1, 0.15) is 12.3 Å². The molecule has 0 amide bonds. The molecule has 0 saturated heterocycles. The number of fused-ring (bicyclic) bond motifs is 3. The van der Waals surface area contributed by atoms with Crippen molar-refractivity contribution in [2.45, 2.75) is 6.61 Å². The van der Waals surface area contributed by atoms with Crippen molar-refractivity contribution in [2.75, 3.05) is 0 Å². The van der Waals surface area contributed by atoms with E-state index in [1.54, 1.807) is 12.3 Å². The van der Waals surface area contributed by atoms with Crippen molar-refractivity contribution in [3.63, 3.8) is 0 Å². The van der Waals surface area contributed by atoms with Gasteiger partial charge < -0.3 is 4.74 Å². The Morgan fingerprint density at radius 2 is 1.58 bits per heavy atom. The first kappa shape index (κ1) is 14.3. The van der Waals surface area contributed by atoms with Gasteiger partial charge in [0, 0.05) is 17.0 Å². The number of hydrogen-bond donors (Lipinski definition) is 0. The third-order valence-corrected chi connectivity index (χ3v) is 3.85. The average Bonchev–Trinajstić information content (AvgIpc) is 2.66. The normalized spacial score (nSPS) is 10.8. The second-order valence-electron chi connectivity index (χ2n) is 5.47. The Hall–Kier alpha value is -3.27. The molecule has 116 valence electrons. The summed E-state index contributed by atoms with van der Waals surface area (Å²) in [5.41, 5.74) is 2.73. The molecule has 0 spiro atoms. The topological polar surface area (TPSA) is 52.1 Å². The number of aromatic nitrogens is 2. The molecule has 0 bridgehead atoms. The molecule has 0 fully saturated rings. The lowest BCUT2D eigenvalue weighted by Crippen LogP contribution is -2.07. The van der Waals surface area contributed by atoms with E-state index in [-0.39, 0.29) is 12.3 Å². The number of hydrogen-bond acceptors (Lipinski definition) is 4. The lowest BCUT2D eigenvalue weighted by molar-refractivity contribution is 0.0466. The molecule has 0 atom stereocenters. The van der Waals surface area contributed by atoms with Crippen LogP contribution in [-0.2, 0) is 11.3 Å². The van der Waals surface area contributed by atoms with Crippen molar-refractivity contribution in [3.05, 3.63) is 84.2 Å². The van der Waals surface area contributed by atoms with Crippen LogP contribution in [0.2, 0.25) is 0 Å². The van der Waals surface area contributed by atoms with Crippen LogP contribution in [0.5, 0.6) is 0 Å². The van der Waals surface area contributed by atoms with Crippen molar-refractivity contribution in [1.82, 2.24) is 9.97 Å². The summed E-state index contributed by atoms with van der Waals surface area (Å²) in [6.45, 7) is 0.229. The number of pyridine rings is 2.